The molecule has 0 N–H and O–H groups in total. The number of hydrogen-bond acceptors (Lipinski definition) is 3. The smallest absolute Gasteiger partial charge is 0.330 e. The van der Waals surface area contributed by atoms with Gasteiger partial charge in [-0.2, -0.15) is 0 Å². The zero-order valence-corrected chi connectivity index (χ0v) is 19.0. The molecule has 1 amide bonds. The molecule has 0 heterocycles. The lowest BCUT2D eigenvalue weighted by Crippen LogP contribution is -2.33. The van der Waals surface area contributed by atoms with E-state index in [1.54, 1.807) is 11.0 Å². The van der Waals surface area contributed by atoms with Crippen LogP contribution >= 0.6 is 0 Å². The fraction of sp³-hybridized carbons (Fsp3) is 0.214. The molecule has 32 heavy (non-hydrogen) atoms. The van der Waals surface area contributed by atoms with Crippen LogP contribution in [0.4, 0.5) is 5.69 Å². The van der Waals surface area contributed by atoms with E-state index in [-0.39, 0.29) is 11.8 Å². The second-order valence-electron chi connectivity index (χ2n) is 8.09. The van der Waals surface area contributed by atoms with Gasteiger partial charge in [-0.15, -0.1) is 0 Å². The van der Waals surface area contributed by atoms with Crippen LogP contribution in [0.25, 0.3) is 17.2 Å². The highest BCUT2D eigenvalue weighted by molar-refractivity contribution is 5.95. The van der Waals surface area contributed by atoms with Gasteiger partial charge in [0.1, 0.15) is 0 Å². The molecule has 0 aliphatic heterocycles. The third-order valence-corrected chi connectivity index (χ3v) is 5.23. The van der Waals surface area contributed by atoms with Gasteiger partial charge >= 0.3 is 5.97 Å². The van der Waals surface area contributed by atoms with Crippen molar-refractivity contribution in [2.45, 2.75) is 27.3 Å². The molecular weight excluding hydrogens is 398 g/mol. The van der Waals surface area contributed by atoms with E-state index in [0.717, 1.165) is 22.4 Å². The minimum absolute atomic E-state index is 0.0432. The standard InChI is InChI=1S/C28H29NO3/c1-20(2)28(31)29(26-7-5-6-22(18-26)12-17-27(30)32-4)19-23-10-15-25(16-11-23)24-13-8-21(3)9-14-24/h5-18,20H,19H2,1-4H3/b17-12+. The number of hydrogen-bond donors (Lipinski definition) is 0. The highest BCUT2D eigenvalue weighted by Gasteiger charge is 2.19. The van der Waals surface area contributed by atoms with E-state index >= 15 is 0 Å². The van der Waals surface area contributed by atoms with Crippen LogP contribution in [-0.2, 0) is 20.9 Å². The fourth-order valence-electron chi connectivity index (χ4n) is 3.37. The highest BCUT2D eigenvalue weighted by atomic mass is 16.5. The van der Waals surface area contributed by atoms with Crippen molar-refractivity contribution in [3.63, 3.8) is 0 Å². The first-order valence-electron chi connectivity index (χ1n) is 10.7. The number of aryl methyl sites for hydroxylation is 1. The Morgan fingerprint density at radius 1 is 0.938 bits per heavy atom. The van der Waals surface area contributed by atoms with Crippen molar-refractivity contribution in [1.82, 2.24) is 0 Å². The molecule has 3 aromatic carbocycles. The van der Waals surface area contributed by atoms with Crippen molar-refractivity contribution in [1.29, 1.82) is 0 Å². The predicted octanol–water partition coefficient (Wildman–Crippen LogP) is 6.04. The number of anilines is 1. The van der Waals surface area contributed by atoms with Crippen molar-refractivity contribution in [3.8, 4) is 11.1 Å². The predicted molar refractivity (Wildman–Crippen MR) is 130 cm³/mol. The van der Waals surface area contributed by atoms with Gasteiger partial charge in [0, 0.05) is 17.7 Å². The molecule has 4 heteroatoms. The summed E-state index contributed by atoms with van der Waals surface area (Å²) >= 11 is 0. The van der Waals surface area contributed by atoms with Gasteiger partial charge in [0.15, 0.2) is 0 Å². The van der Waals surface area contributed by atoms with Gasteiger partial charge in [-0.1, -0.05) is 80.1 Å². The third-order valence-electron chi connectivity index (χ3n) is 5.23. The first kappa shape index (κ1) is 23.0. The van der Waals surface area contributed by atoms with Crippen LogP contribution < -0.4 is 4.90 Å². The quantitative estimate of drug-likeness (QED) is 0.341. The summed E-state index contributed by atoms with van der Waals surface area (Å²) in [5.41, 5.74) is 6.21. The van der Waals surface area contributed by atoms with Crippen LogP contribution in [0.15, 0.2) is 78.9 Å². The maximum absolute atomic E-state index is 13.0. The van der Waals surface area contributed by atoms with E-state index in [9.17, 15) is 9.59 Å². The number of ether oxygens (including phenoxy) is 1. The molecule has 0 saturated heterocycles. The van der Waals surface area contributed by atoms with Crippen molar-refractivity contribution in [3.05, 3.63) is 95.6 Å². The molecule has 3 aromatic rings. The topological polar surface area (TPSA) is 46.6 Å². The number of methoxy groups -OCH3 is 1. The molecule has 0 saturated carbocycles. The number of carbonyl (C=O) groups is 2. The zero-order valence-electron chi connectivity index (χ0n) is 19.0. The molecular formula is C28H29NO3. The van der Waals surface area contributed by atoms with Crippen molar-refractivity contribution >= 4 is 23.6 Å². The Labute approximate surface area is 190 Å². The number of rotatable bonds is 7. The second kappa shape index (κ2) is 10.6. The summed E-state index contributed by atoms with van der Waals surface area (Å²) in [6.45, 7) is 6.34. The maximum Gasteiger partial charge on any atom is 0.330 e. The normalized spacial score (nSPS) is 11.0. The highest BCUT2D eigenvalue weighted by Crippen LogP contribution is 2.24. The number of benzene rings is 3. The van der Waals surface area contributed by atoms with E-state index < -0.39 is 5.97 Å². The van der Waals surface area contributed by atoms with Gasteiger partial charge < -0.3 is 9.64 Å². The van der Waals surface area contributed by atoms with E-state index in [1.165, 1.54) is 24.3 Å². The Bertz CT molecular complexity index is 1100. The van der Waals surface area contributed by atoms with Crippen LogP contribution in [-0.4, -0.2) is 19.0 Å². The van der Waals surface area contributed by atoms with E-state index in [2.05, 4.69) is 60.2 Å². The lowest BCUT2D eigenvalue weighted by molar-refractivity contribution is -0.134. The molecule has 0 aliphatic rings. The molecule has 0 unspecified atom stereocenters. The summed E-state index contributed by atoms with van der Waals surface area (Å²) in [5.74, 6) is -0.517. The molecule has 4 nitrogen and oxygen atoms in total. The lowest BCUT2D eigenvalue weighted by atomic mass is 10.0. The molecule has 164 valence electrons. The molecule has 0 bridgehead atoms. The number of amides is 1. The molecule has 0 spiro atoms. The Kier molecular flexibility index (Phi) is 7.61. The van der Waals surface area contributed by atoms with Gasteiger partial charge in [0.05, 0.1) is 13.7 Å². The lowest BCUT2D eigenvalue weighted by Gasteiger charge is -2.25. The Hall–Kier alpha value is -3.66. The van der Waals surface area contributed by atoms with Crippen LogP contribution in [0.2, 0.25) is 0 Å². The summed E-state index contributed by atoms with van der Waals surface area (Å²) in [7, 11) is 1.34. The van der Waals surface area contributed by atoms with Crippen molar-refractivity contribution < 1.29 is 14.3 Å². The minimum Gasteiger partial charge on any atom is -0.466 e. The van der Waals surface area contributed by atoms with Crippen molar-refractivity contribution in [2.75, 3.05) is 12.0 Å². The summed E-state index contributed by atoms with van der Waals surface area (Å²) in [4.78, 5) is 26.2. The average molecular weight is 428 g/mol. The van der Waals surface area contributed by atoms with Gasteiger partial charge in [-0.05, 0) is 47.4 Å². The summed E-state index contributed by atoms with van der Waals surface area (Å²) < 4.78 is 4.66. The molecule has 3 rings (SSSR count). The van der Waals surface area contributed by atoms with Gasteiger partial charge in [0.2, 0.25) is 5.91 Å². The maximum atomic E-state index is 13.0. The first-order valence-corrected chi connectivity index (χ1v) is 10.7. The average Bonchev–Trinajstić information content (AvgIpc) is 2.81. The van der Waals surface area contributed by atoms with E-state index in [1.807, 2.05) is 38.1 Å². The Morgan fingerprint density at radius 3 is 2.16 bits per heavy atom. The van der Waals surface area contributed by atoms with Crippen LogP contribution in [0.3, 0.4) is 0 Å². The van der Waals surface area contributed by atoms with E-state index in [4.69, 9.17) is 0 Å². The molecule has 0 fully saturated rings. The van der Waals surface area contributed by atoms with E-state index in [0.29, 0.717) is 6.54 Å². The molecule has 0 aromatic heterocycles. The van der Waals surface area contributed by atoms with Gasteiger partial charge in [-0.25, -0.2) is 4.79 Å². The fourth-order valence-corrected chi connectivity index (χ4v) is 3.37. The SMILES string of the molecule is COC(=O)/C=C/c1cccc(N(Cc2ccc(-c3ccc(C)cc3)cc2)C(=O)C(C)C)c1. The summed E-state index contributed by atoms with van der Waals surface area (Å²) in [6, 6.07) is 24.3. The molecule has 0 atom stereocenters. The Balaban J connectivity index is 1.85. The first-order chi connectivity index (χ1) is 15.4. The third kappa shape index (κ3) is 5.94. The number of carbonyl (C=O) groups excluding carboxylic acids is 2. The van der Waals surface area contributed by atoms with Gasteiger partial charge in [0.25, 0.3) is 0 Å². The minimum atomic E-state index is -0.417. The monoisotopic (exact) mass is 427 g/mol. The molecule has 0 aliphatic carbocycles. The zero-order chi connectivity index (χ0) is 23.1. The van der Waals surface area contributed by atoms with Crippen molar-refractivity contribution in [2.24, 2.45) is 5.92 Å². The molecule has 0 radical (unpaired) electrons. The largest absolute Gasteiger partial charge is 0.466 e. The van der Waals surface area contributed by atoms with Crippen LogP contribution in [0, 0.1) is 12.8 Å². The van der Waals surface area contributed by atoms with Crippen LogP contribution in [0.1, 0.15) is 30.5 Å². The summed E-state index contributed by atoms with van der Waals surface area (Å²) in [6.07, 6.45) is 3.06. The Morgan fingerprint density at radius 2 is 1.56 bits per heavy atom. The number of nitrogens with zero attached hydrogens (tertiary/aromatic N) is 1. The summed E-state index contributed by atoms with van der Waals surface area (Å²) in [5, 5.41) is 0. The number of esters is 1. The second-order valence-corrected chi connectivity index (χ2v) is 8.09. The van der Waals surface area contributed by atoms with Crippen LogP contribution in [0.5, 0.6) is 0 Å². The van der Waals surface area contributed by atoms with Gasteiger partial charge in [-0.3, -0.25) is 4.79 Å².